The van der Waals surface area contributed by atoms with E-state index in [1.807, 2.05) is 0 Å². The predicted molar refractivity (Wildman–Crippen MR) is 186 cm³/mol. The van der Waals surface area contributed by atoms with E-state index in [2.05, 4.69) is 38.2 Å². The van der Waals surface area contributed by atoms with Crippen LogP contribution in [0.3, 0.4) is 0 Å². The fraction of sp³-hybridized carbons (Fsp3) is 0.846. The fourth-order valence-electron chi connectivity index (χ4n) is 5.56. The molecule has 0 spiro atoms. The Labute approximate surface area is 267 Å². The molecule has 0 aromatic heterocycles. The molecule has 0 aromatic rings. The first-order valence-electron chi connectivity index (χ1n) is 18.8. The highest BCUT2D eigenvalue weighted by molar-refractivity contribution is 5.69. The molecule has 1 unspecified atom stereocenters. The van der Waals surface area contributed by atoms with Gasteiger partial charge in [0, 0.05) is 12.8 Å². The van der Waals surface area contributed by atoms with Crippen molar-refractivity contribution in [2.75, 3.05) is 0 Å². The lowest BCUT2D eigenvalue weighted by atomic mass is 10.0. The van der Waals surface area contributed by atoms with Gasteiger partial charge in [-0.1, -0.05) is 148 Å². The summed E-state index contributed by atoms with van der Waals surface area (Å²) < 4.78 is 5.82. The lowest BCUT2D eigenvalue weighted by Gasteiger charge is -2.15. The van der Waals surface area contributed by atoms with Crippen molar-refractivity contribution < 1.29 is 19.4 Å². The maximum atomic E-state index is 12.5. The zero-order chi connectivity index (χ0) is 31.5. The third-order valence-corrected chi connectivity index (χ3v) is 8.38. The minimum absolute atomic E-state index is 0.0686. The summed E-state index contributed by atoms with van der Waals surface area (Å²) in [6.45, 7) is 4.49. The number of hydrogen-bond donors (Lipinski definition) is 1. The van der Waals surface area contributed by atoms with Crippen molar-refractivity contribution in [3.8, 4) is 0 Å². The number of carbonyl (C=O) groups is 2. The van der Waals surface area contributed by atoms with Crippen molar-refractivity contribution in [2.45, 2.75) is 213 Å². The third-order valence-electron chi connectivity index (χ3n) is 8.38. The molecular formula is C39H72O4. The van der Waals surface area contributed by atoms with Gasteiger partial charge in [-0.3, -0.25) is 9.59 Å². The van der Waals surface area contributed by atoms with E-state index >= 15 is 0 Å². The van der Waals surface area contributed by atoms with Gasteiger partial charge in [-0.05, 0) is 70.3 Å². The summed E-state index contributed by atoms with van der Waals surface area (Å²) in [6.07, 6.45) is 43.7. The molecule has 43 heavy (non-hydrogen) atoms. The van der Waals surface area contributed by atoms with E-state index in [1.54, 1.807) is 0 Å². The first-order valence-corrected chi connectivity index (χ1v) is 18.8. The number of unbranched alkanes of at least 4 members (excludes halogenated alkanes) is 23. The molecule has 0 aliphatic carbocycles. The van der Waals surface area contributed by atoms with E-state index in [1.165, 1.54) is 128 Å². The lowest BCUT2D eigenvalue weighted by Crippen LogP contribution is -2.16. The smallest absolute Gasteiger partial charge is 0.306 e. The summed E-state index contributed by atoms with van der Waals surface area (Å²) in [4.78, 5) is 23.1. The van der Waals surface area contributed by atoms with Gasteiger partial charge in [-0.25, -0.2) is 0 Å². The molecule has 1 N–H and O–H groups in total. The third kappa shape index (κ3) is 34.8. The molecule has 0 saturated heterocycles. The number of rotatable bonds is 34. The van der Waals surface area contributed by atoms with Gasteiger partial charge < -0.3 is 9.84 Å². The summed E-state index contributed by atoms with van der Waals surface area (Å²) in [5.41, 5.74) is 0. The Morgan fingerprint density at radius 2 is 0.907 bits per heavy atom. The molecule has 0 radical (unpaired) electrons. The number of ether oxygens (including phenoxy) is 1. The van der Waals surface area contributed by atoms with Gasteiger partial charge in [0.05, 0.1) is 0 Å². The Morgan fingerprint density at radius 1 is 0.512 bits per heavy atom. The molecule has 0 rings (SSSR count). The van der Waals surface area contributed by atoms with Crippen LogP contribution in [0.1, 0.15) is 206 Å². The van der Waals surface area contributed by atoms with Crippen molar-refractivity contribution in [1.82, 2.24) is 0 Å². The van der Waals surface area contributed by atoms with Gasteiger partial charge in [-0.15, -0.1) is 0 Å². The van der Waals surface area contributed by atoms with Gasteiger partial charge in [0.15, 0.2) is 0 Å². The Hall–Kier alpha value is -1.58. The van der Waals surface area contributed by atoms with Crippen molar-refractivity contribution in [3.05, 3.63) is 24.3 Å². The fourth-order valence-corrected chi connectivity index (χ4v) is 5.56. The second-order valence-electron chi connectivity index (χ2n) is 12.8. The molecule has 4 nitrogen and oxygen atoms in total. The maximum absolute atomic E-state index is 12.5. The standard InChI is InChI=1S/C39H72O4/c1-3-5-7-9-10-11-12-13-14-15-16-17-18-19-20-21-22-23-24-26-32-36-39(42)43-37(33-29-25-8-6-4-2)34-30-27-28-31-35-38(40)41/h15-16,29,33,37H,3-14,17-28,30-32,34-36H2,1-2H3,(H,40,41)/b16-15-,33-29-. The Morgan fingerprint density at radius 3 is 1.44 bits per heavy atom. The molecule has 0 saturated carbocycles. The number of carboxylic acids is 1. The number of aliphatic carboxylic acids is 1. The van der Waals surface area contributed by atoms with Crippen LogP contribution in [0, 0.1) is 0 Å². The number of esters is 1. The first kappa shape index (κ1) is 41.4. The molecule has 0 aliphatic heterocycles. The van der Waals surface area contributed by atoms with E-state index in [9.17, 15) is 9.59 Å². The summed E-state index contributed by atoms with van der Waals surface area (Å²) in [7, 11) is 0. The molecule has 0 aliphatic rings. The van der Waals surface area contributed by atoms with Crippen LogP contribution < -0.4 is 0 Å². The molecular weight excluding hydrogens is 532 g/mol. The van der Waals surface area contributed by atoms with Gasteiger partial charge >= 0.3 is 11.9 Å². The summed E-state index contributed by atoms with van der Waals surface area (Å²) in [6, 6.07) is 0. The molecule has 0 amide bonds. The number of hydrogen-bond acceptors (Lipinski definition) is 3. The summed E-state index contributed by atoms with van der Waals surface area (Å²) >= 11 is 0. The van der Waals surface area contributed by atoms with Crippen LogP contribution in [0.25, 0.3) is 0 Å². The summed E-state index contributed by atoms with van der Waals surface area (Å²) in [5, 5.41) is 8.78. The van der Waals surface area contributed by atoms with Crippen molar-refractivity contribution in [1.29, 1.82) is 0 Å². The van der Waals surface area contributed by atoms with Crippen molar-refractivity contribution in [2.24, 2.45) is 0 Å². The Balaban J connectivity index is 3.73. The van der Waals surface area contributed by atoms with E-state index < -0.39 is 5.97 Å². The maximum Gasteiger partial charge on any atom is 0.306 e. The molecule has 0 heterocycles. The Kier molecular flexibility index (Phi) is 33.6. The average Bonchev–Trinajstić information content (AvgIpc) is 2.99. The zero-order valence-electron chi connectivity index (χ0n) is 28.8. The van der Waals surface area contributed by atoms with Crippen LogP contribution >= 0.6 is 0 Å². The minimum Gasteiger partial charge on any atom is -0.481 e. The highest BCUT2D eigenvalue weighted by Crippen LogP contribution is 2.16. The second-order valence-corrected chi connectivity index (χ2v) is 12.8. The van der Waals surface area contributed by atoms with Crippen LogP contribution in [-0.4, -0.2) is 23.1 Å². The normalized spacial score (nSPS) is 12.4. The quantitative estimate of drug-likeness (QED) is 0.0451. The van der Waals surface area contributed by atoms with Crippen LogP contribution in [0.2, 0.25) is 0 Å². The molecule has 0 fully saturated rings. The van der Waals surface area contributed by atoms with Crippen LogP contribution in [0.5, 0.6) is 0 Å². The van der Waals surface area contributed by atoms with E-state index in [-0.39, 0.29) is 18.5 Å². The van der Waals surface area contributed by atoms with E-state index in [4.69, 9.17) is 9.84 Å². The number of carbonyl (C=O) groups excluding carboxylic acids is 1. The van der Waals surface area contributed by atoms with Gasteiger partial charge in [0.25, 0.3) is 0 Å². The van der Waals surface area contributed by atoms with Gasteiger partial charge in [0.1, 0.15) is 6.10 Å². The average molecular weight is 605 g/mol. The molecule has 1 atom stereocenters. The van der Waals surface area contributed by atoms with Crippen LogP contribution in [0.15, 0.2) is 24.3 Å². The first-order chi connectivity index (χ1) is 21.1. The van der Waals surface area contributed by atoms with Crippen molar-refractivity contribution >= 4 is 11.9 Å². The Bertz CT molecular complexity index is 654. The zero-order valence-corrected chi connectivity index (χ0v) is 28.8. The molecule has 252 valence electrons. The predicted octanol–water partition coefficient (Wildman–Crippen LogP) is 12.8. The number of carboxylic acid groups (broad SMARTS) is 1. The highest BCUT2D eigenvalue weighted by atomic mass is 16.5. The van der Waals surface area contributed by atoms with Crippen LogP contribution in [0.4, 0.5) is 0 Å². The highest BCUT2D eigenvalue weighted by Gasteiger charge is 2.11. The molecule has 0 aromatic carbocycles. The molecule has 4 heteroatoms. The lowest BCUT2D eigenvalue weighted by molar-refractivity contribution is -0.147. The largest absolute Gasteiger partial charge is 0.481 e. The van der Waals surface area contributed by atoms with Gasteiger partial charge in [-0.2, -0.15) is 0 Å². The molecule has 0 bridgehead atoms. The van der Waals surface area contributed by atoms with E-state index in [0.29, 0.717) is 6.42 Å². The monoisotopic (exact) mass is 605 g/mol. The van der Waals surface area contributed by atoms with Crippen molar-refractivity contribution in [3.63, 3.8) is 0 Å². The van der Waals surface area contributed by atoms with E-state index in [0.717, 1.165) is 51.4 Å². The van der Waals surface area contributed by atoms with Crippen LogP contribution in [-0.2, 0) is 14.3 Å². The minimum atomic E-state index is -0.722. The second kappa shape index (κ2) is 34.9. The summed E-state index contributed by atoms with van der Waals surface area (Å²) in [5.74, 6) is -0.791. The topological polar surface area (TPSA) is 63.6 Å². The SMILES string of the molecule is CCCCC/C=C\C(CCCCCCC(=O)O)OC(=O)CCCCCCCCCCC/C=C\CCCCCCCCCC. The van der Waals surface area contributed by atoms with Gasteiger partial charge in [0.2, 0.25) is 0 Å². The number of allylic oxidation sites excluding steroid dienone is 3.